The zero-order chi connectivity index (χ0) is 18.1. The summed E-state index contributed by atoms with van der Waals surface area (Å²) in [5.74, 6) is 3.23. The van der Waals surface area contributed by atoms with Gasteiger partial charge in [-0.15, -0.1) is 0 Å². The molecule has 1 radical (unpaired) electrons. The minimum atomic E-state index is 0.543. The number of benzene rings is 2. The summed E-state index contributed by atoms with van der Waals surface area (Å²) < 4.78 is 0. The number of nitrogens with zero attached hydrogens (tertiary/aromatic N) is 2. The molecule has 3 aromatic rings. The van der Waals surface area contributed by atoms with Crippen molar-refractivity contribution in [1.82, 2.24) is 9.97 Å². The van der Waals surface area contributed by atoms with Crippen molar-refractivity contribution in [2.24, 2.45) is 11.8 Å². The lowest BCUT2D eigenvalue weighted by atomic mass is 9.95. The van der Waals surface area contributed by atoms with E-state index in [1.807, 2.05) is 42.5 Å². The van der Waals surface area contributed by atoms with Crippen LogP contribution in [0.2, 0.25) is 0 Å². The lowest BCUT2D eigenvalue weighted by molar-refractivity contribution is 0.439. The summed E-state index contributed by atoms with van der Waals surface area (Å²) in [7, 11) is 0. The van der Waals surface area contributed by atoms with Crippen molar-refractivity contribution < 1.29 is 0 Å². The average Bonchev–Trinajstić information content (AvgIpc) is 3.32. The van der Waals surface area contributed by atoms with Crippen LogP contribution in [0.25, 0.3) is 11.3 Å². The van der Waals surface area contributed by atoms with Crippen LogP contribution in [0.15, 0.2) is 60.7 Å². The number of hydrogen-bond acceptors (Lipinski definition) is 4. The lowest BCUT2D eigenvalue weighted by Gasteiger charge is -2.24. The van der Waals surface area contributed by atoms with Crippen molar-refractivity contribution in [3.63, 3.8) is 0 Å². The summed E-state index contributed by atoms with van der Waals surface area (Å²) in [5, 5.41) is 7.04. The van der Waals surface area contributed by atoms with Gasteiger partial charge in [0.25, 0.3) is 0 Å². The fourth-order valence-corrected chi connectivity index (χ4v) is 4.54. The molecule has 3 atom stereocenters. The van der Waals surface area contributed by atoms with Gasteiger partial charge in [-0.1, -0.05) is 48.9 Å². The second-order valence-electron chi connectivity index (χ2n) is 7.67. The van der Waals surface area contributed by atoms with Crippen molar-refractivity contribution in [2.45, 2.75) is 31.7 Å². The van der Waals surface area contributed by atoms with E-state index in [1.54, 1.807) is 0 Å². The van der Waals surface area contributed by atoms with Gasteiger partial charge in [-0.2, -0.15) is 4.98 Å². The van der Waals surface area contributed by atoms with Gasteiger partial charge in [0, 0.05) is 23.4 Å². The van der Waals surface area contributed by atoms with Crippen LogP contribution >= 0.6 is 0 Å². The molecule has 0 spiro atoms. The van der Waals surface area contributed by atoms with Gasteiger partial charge >= 0.3 is 0 Å². The molecule has 135 valence electrons. The van der Waals surface area contributed by atoms with Crippen molar-refractivity contribution in [3.8, 4) is 11.3 Å². The highest BCUT2D eigenvalue weighted by molar-refractivity contribution is 5.66. The third kappa shape index (κ3) is 3.52. The van der Waals surface area contributed by atoms with Crippen LogP contribution in [-0.4, -0.2) is 16.0 Å². The van der Waals surface area contributed by atoms with E-state index in [1.165, 1.54) is 25.7 Å². The number of hydrogen-bond donors (Lipinski definition) is 2. The van der Waals surface area contributed by atoms with Gasteiger partial charge in [0.1, 0.15) is 5.82 Å². The zero-order valence-electron chi connectivity index (χ0n) is 15.2. The minimum Gasteiger partial charge on any atom is -0.367 e. The monoisotopic (exact) mass is 355 g/mol. The summed E-state index contributed by atoms with van der Waals surface area (Å²) >= 11 is 0. The molecule has 0 saturated heterocycles. The maximum Gasteiger partial charge on any atom is 0.229 e. The molecule has 3 unspecified atom stereocenters. The molecular formula is C23H23N4. The molecule has 4 heteroatoms. The Labute approximate surface area is 160 Å². The van der Waals surface area contributed by atoms with E-state index in [4.69, 9.17) is 9.97 Å². The molecule has 0 amide bonds. The number of aromatic nitrogens is 2. The Morgan fingerprint density at radius 1 is 0.926 bits per heavy atom. The molecule has 4 nitrogen and oxygen atoms in total. The highest BCUT2D eigenvalue weighted by atomic mass is 15.2. The molecule has 2 aromatic carbocycles. The molecular weight excluding hydrogens is 332 g/mol. The number of anilines is 3. The third-order valence-corrected chi connectivity index (χ3v) is 5.84. The molecule has 2 fully saturated rings. The van der Waals surface area contributed by atoms with Crippen LogP contribution in [0.1, 0.15) is 25.7 Å². The van der Waals surface area contributed by atoms with E-state index in [0.29, 0.717) is 12.0 Å². The molecule has 2 N–H and O–H groups in total. The summed E-state index contributed by atoms with van der Waals surface area (Å²) in [6.07, 6.45) is 5.40. The Balaban J connectivity index is 1.46. The van der Waals surface area contributed by atoms with Gasteiger partial charge in [0.05, 0.1) is 5.69 Å². The SMILES string of the molecule is [c]1ccc(Nc2nc(NC3CC4CCC3C4)cc(-c3ccccc3)n2)cc1. The fraction of sp³-hybridized carbons (Fsp3) is 0.304. The Bertz CT molecular complexity index is 910. The first-order chi connectivity index (χ1) is 13.3. The van der Waals surface area contributed by atoms with Crippen LogP contribution in [-0.2, 0) is 0 Å². The Hall–Kier alpha value is -2.88. The van der Waals surface area contributed by atoms with Crippen molar-refractivity contribution in [2.75, 3.05) is 10.6 Å². The van der Waals surface area contributed by atoms with Gasteiger partial charge in [-0.25, -0.2) is 4.98 Å². The number of nitrogens with one attached hydrogen (secondary N) is 2. The maximum atomic E-state index is 4.76. The Morgan fingerprint density at radius 3 is 2.52 bits per heavy atom. The average molecular weight is 355 g/mol. The lowest BCUT2D eigenvalue weighted by Crippen LogP contribution is -2.26. The molecule has 1 aromatic heterocycles. The molecule has 2 aliphatic carbocycles. The molecule has 27 heavy (non-hydrogen) atoms. The van der Waals surface area contributed by atoms with E-state index < -0.39 is 0 Å². The predicted molar refractivity (Wildman–Crippen MR) is 109 cm³/mol. The van der Waals surface area contributed by atoms with Gasteiger partial charge in [-0.3, -0.25) is 0 Å². The second kappa shape index (κ2) is 7.03. The molecule has 2 bridgehead atoms. The van der Waals surface area contributed by atoms with Crippen LogP contribution in [0, 0.1) is 17.9 Å². The van der Waals surface area contributed by atoms with E-state index in [9.17, 15) is 0 Å². The largest absolute Gasteiger partial charge is 0.367 e. The summed E-state index contributed by atoms with van der Waals surface area (Å²) in [4.78, 5) is 9.51. The Morgan fingerprint density at radius 2 is 1.78 bits per heavy atom. The van der Waals surface area contributed by atoms with Gasteiger partial charge in [-0.05, 0) is 49.3 Å². The molecule has 2 aliphatic rings. The van der Waals surface area contributed by atoms with E-state index in [0.717, 1.165) is 34.6 Å². The van der Waals surface area contributed by atoms with E-state index >= 15 is 0 Å². The van der Waals surface area contributed by atoms with Gasteiger partial charge in [0.2, 0.25) is 5.95 Å². The first kappa shape index (κ1) is 16.3. The standard InChI is InChI=1S/C23H23N4/c1-3-7-17(8-4-1)21-15-22(25-20-14-16-11-12-18(20)13-16)27-23(26-21)24-19-9-5-2-6-10-19/h1,3-10,15-16,18,20H,11-14H2,(H2,24,25,26,27). The van der Waals surface area contributed by atoms with Crippen molar-refractivity contribution >= 4 is 17.5 Å². The van der Waals surface area contributed by atoms with Crippen molar-refractivity contribution in [3.05, 3.63) is 66.7 Å². The van der Waals surface area contributed by atoms with Crippen LogP contribution in [0.3, 0.4) is 0 Å². The zero-order valence-corrected chi connectivity index (χ0v) is 15.2. The van der Waals surface area contributed by atoms with E-state index in [2.05, 4.69) is 34.9 Å². The van der Waals surface area contributed by atoms with Crippen LogP contribution in [0.4, 0.5) is 17.5 Å². The predicted octanol–water partition coefficient (Wildman–Crippen LogP) is 5.29. The maximum absolute atomic E-state index is 4.76. The van der Waals surface area contributed by atoms with Crippen LogP contribution < -0.4 is 10.6 Å². The minimum absolute atomic E-state index is 0.543. The van der Waals surface area contributed by atoms with Gasteiger partial charge < -0.3 is 10.6 Å². The molecule has 1 heterocycles. The molecule has 0 aliphatic heterocycles. The molecule has 2 saturated carbocycles. The number of fused-ring (bicyclic) bond motifs is 2. The summed E-state index contributed by atoms with van der Waals surface area (Å²) in [6.45, 7) is 0. The first-order valence-electron chi connectivity index (χ1n) is 9.78. The first-order valence-corrected chi connectivity index (χ1v) is 9.78. The highest BCUT2D eigenvalue weighted by Crippen LogP contribution is 2.45. The van der Waals surface area contributed by atoms with Gasteiger partial charge in [0.15, 0.2) is 0 Å². The van der Waals surface area contributed by atoms with E-state index in [-0.39, 0.29) is 0 Å². The fourth-order valence-electron chi connectivity index (χ4n) is 4.54. The Kier molecular flexibility index (Phi) is 4.24. The van der Waals surface area contributed by atoms with Crippen molar-refractivity contribution in [1.29, 1.82) is 0 Å². The topological polar surface area (TPSA) is 49.8 Å². The summed E-state index contributed by atoms with van der Waals surface area (Å²) in [5.41, 5.74) is 2.99. The quantitative estimate of drug-likeness (QED) is 0.653. The normalized spacial score (nSPS) is 23.3. The third-order valence-electron chi connectivity index (χ3n) is 5.84. The number of rotatable bonds is 5. The second-order valence-corrected chi connectivity index (χ2v) is 7.67. The summed E-state index contributed by atoms with van der Waals surface area (Å²) in [6, 6.07) is 23.7. The molecule has 5 rings (SSSR count). The highest BCUT2D eigenvalue weighted by Gasteiger charge is 2.39. The van der Waals surface area contributed by atoms with Crippen LogP contribution in [0.5, 0.6) is 0 Å². The smallest absolute Gasteiger partial charge is 0.229 e.